The molecule has 2 atom stereocenters. The number of anilines is 1. The second-order valence-corrected chi connectivity index (χ2v) is 6.62. The van der Waals surface area contributed by atoms with Gasteiger partial charge in [0.05, 0.1) is 29.8 Å². The second kappa shape index (κ2) is 8.11. The van der Waals surface area contributed by atoms with Crippen molar-refractivity contribution < 1.29 is 4.79 Å². The van der Waals surface area contributed by atoms with E-state index in [1.54, 1.807) is 11.1 Å². The summed E-state index contributed by atoms with van der Waals surface area (Å²) >= 11 is 0. The number of likely N-dealkylation sites (tertiary alicyclic amines) is 1. The van der Waals surface area contributed by atoms with Crippen molar-refractivity contribution in [1.29, 1.82) is 5.26 Å². The number of carbonyl (C=O) groups excluding carboxylic acids is 1. The van der Waals surface area contributed by atoms with E-state index in [1.165, 1.54) is 0 Å². The molecule has 0 saturated carbocycles. The van der Waals surface area contributed by atoms with Gasteiger partial charge in [0.25, 0.3) is 0 Å². The summed E-state index contributed by atoms with van der Waals surface area (Å²) < 4.78 is 0. The third-order valence-corrected chi connectivity index (χ3v) is 4.86. The lowest BCUT2D eigenvalue weighted by Gasteiger charge is -2.31. The molecule has 3 rings (SSSR count). The van der Waals surface area contributed by atoms with Crippen molar-refractivity contribution in [3.63, 3.8) is 0 Å². The van der Waals surface area contributed by atoms with E-state index in [9.17, 15) is 10.1 Å². The number of rotatable bonds is 6. The van der Waals surface area contributed by atoms with Gasteiger partial charge in [-0.05, 0) is 38.3 Å². The molecular formula is C19H24N6O. The lowest BCUT2D eigenvalue weighted by Crippen LogP contribution is -2.47. The molecule has 7 nitrogen and oxygen atoms in total. The van der Waals surface area contributed by atoms with E-state index in [-0.39, 0.29) is 24.5 Å². The summed E-state index contributed by atoms with van der Waals surface area (Å²) in [6, 6.07) is 9.73. The van der Waals surface area contributed by atoms with Crippen LogP contribution in [0.1, 0.15) is 33.1 Å². The number of nitrogens with zero attached hydrogens (tertiary/aromatic N) is 5. The molecule has 2 aromatic rings. The van der Waals surface area contributed by atoms with Crippen LogP contribution in [0.3, 0.4) is 0 Å². The Morgan fingerprint density at radius 2 is 2.23 bits per heavy atom. The molecule has 136 valence electrons. The molecule has 2 heterocycles. The van der Waals surface area contributed by atoms with Crippen LogP contribution in [-0.2, 0) is 4.79 Å². The highest BCUT2D eigenvalue weighted by molar-refractivity contribution is 5.79. The molecule has 1 aromatic carbocycles. The minimum Gasteiger partial charge on any atom is -0.325 e. The fourth-order valence-corrected chi connectivity index (χ4v) is 3.12. The third kappa shape index (κ3) is 3.92. The SMILES string of the molecule is CC[C@H](C)N(CC(=O)N1CCCC1C#N)Nc1cnc2ccccc2n1. The van der Waals surface area contributed by atoms with Crippen LogP contribution < -0.4 is 5.43 Å². The number of hydrogen-bond donors (Lipinski definition) is 1. The molecule has 1 aromatic heterocycles. The van der Waals surface area contributed by atoms with Crippen LogP contribution in [-0.4, -0.2) is 51.0 Å². The Morgan fingerprint density at radius 1 is 1.46 bits per heavy atom. The zero-order chi connectivity index (χ0) is 18.5. The molecule has 1 aliphatic heterocycles. The number of fused-ring (bicyclic) bond motifs is 1. The van der Waals surface area contributed by atoms with Crippen LogP contribution in [0, 0.1) is 11.3 Å². The molecule has 0 spiro atoms. The smallest absolute Gasteiger partial charge is 0.239 e. The molecule has 1 amide bonds. The van der Waals surface area contributed by atoms with Crippen LogP contribution in [0.4, 0.5) is 5.82 Å². The van der Waals surface area contributed by atoms with Crippen molar-refractivity contribution >= 4 is 22.8 Å². The zero-order valence-electron chi connectivity index (χ0n) is 15.2. The number of hydrazine groups is 1. The van der Waals surface area contributed by atoms with Gasteiger partial charge in [-0.2, -0.15) is 5.26 Å². The molecule has 26 heavy (non-hydrogen) atoms. The minimum atomic E-state index is -0.304. The van der Waals surface area contributed by atoms with Crippen molar-refractivity contribution in [2.45, 2.75) is 45.2 Å². The molecule has 1 fully saturated rings. The van der Waals surface area contributed by atoms with Gasteiger partial charge in [-0.15, -0.1) is 0 Å². The van der Waals surface area contributed by atoms with Crippen molar-refractivity contribution in [3.8, 4) is 6.07 Å². The second-order valence-electron chi connectivity index (χ2n) is 6.62. The molecular weight excluding hydrogens is 328 g/mol. The van der Waals surface area contributed by atoms with E-state index in [4.69, 9.17) is 0 Å². The number of benzene rings is 1. The Bertz CT molecular complexity index is 817. The number of para-hydroxylation sites is 2. The number of nitriles is 1. The third-order valence-electron chi connectivity index (χ3n) is 4.86. The van der Waals surface area contributed by atoms with Crippen LogP contribution in [0.25, 0.3) is 11.0 Å². The average molecular weight is 352 g/mol. The number of carbonyl (C=O) groups is 1. The van der Waals surface area contributed by atoms with Crippen molar-refractivity contribution in [2.24, 2.45) is 0 Å². The Kier molecular flexibility index (Phi) is 5.64. The van der Waals surface area contributed by atoms with Gasteiger partial charge < -0.3 is 10.3 Å². The number of nitrogens with one attached hydrogen (secondary N) is 1. The first-order valence-corrected chi connectivity index (χ1v) is 9.06. The predicted octanol–water partition coefficient (Wildman–Crippen LogP) is 2.57. The van der Waals surface area contributed by atoms with Gasteiger partial charge in [-0.25, -0.2) is 9.99 Å². The van der Waals surface area contributed by atoms with Crippen LogP contribution in [0.2, 0.25) is 0 Å². The highest BCUT2D eigenvalue weighted by Crippen LogP contribution is 2.18. The number of aromatic nitrogens is 2. The standard InChI is InChI=1S/C19H24N6O/c1-3-14(2)25(13-19(26)24-10-6-7-15(24)11-20)23-18-12-21-16-8-4-5-9-17(16)22-18/h4-5,8-9,12,14-15H,3,6-7,10,13H2,1-2H3,(H,22,23)/t14-,15?/m0/s1. The number of hydrogen-bond acceptors (Lipinski definition) is 6. The Labute approximate surface area is 153 Å². The molecule has 1 N–H and O–H groups in total. The van der Waals surface area contributed by atoms with Crippen molar-refractivity contribution in [3.05, 3.63) is 30.5 Å². The molecule has 1 saturated heterocycles. The first kappa shape index (κ1) is 18.1. The first-order chi connectivity index (χ1) is 12.6. The fourth-order valence-electron chi connectivity index (χ4n) is 3.12. The van der Waals surface area contributed by atoms with Gasteiger partial charge in [-0.1, -0.05) is 19.1 Å². The van der Waals surface area contributed by atoms with Gasteiger partial charge >= 0.3 is 0 Å². The largest absolute Gasteiger partial charge is 0.325 e. The van der Waals surface area contributed by atoms with Crippen molar-refractivity contribution in [2.75, 3.05) is 18.5 Å². The van der Waals surface area contributed by atoms with Crippen LogP contribution in [0.15, 0.2) is 30.5 Å². The topological polar surface area (TPSA) is 85.2 Å². The lowest BCUT2D eigenvalue weighted by atomic mass is 10.2. The highest BCUT2D eigenvalue weighted by atomic mass is 16.2. The highest BCUT2D eigenvalue weighted by Gasteiger charge is 2.30. The van der Waals surface area contributed by atoms with E-state index < -0.39 is 0 Å². The monoisotopic (exact) mass is 352 g/mol. The molecule has 1 unspecified atom stereocenters. The summed E-state index contributed by atoms with van der Waals surface area (Å²) in [4.78, 5) is 23.4. The Balaban J connectivity index is 1.75. The quantitative estimate of drug-likeness (QED) is 0.804. The fraction of sp³-hybridized carbons (Fsp3) is 0.474. The Hall–Kier alpha value is -2.72. The average Bonchev–Trinajstić information content (AvgIpc) is 3.15. The van der Waals surface area contributed by atoms with Gasteiger partial charge in [0.2, 0.25) is 5.91 Å². The zero-order valence-corrected chi connectivity index (χ0v) is 15.2. The summed E-state index contributed by atoms with van der Waals surface area (Å²) in [5, 5.41) is 11.1. The van der Waals surface area contributed by atoms with E-state index in [2.05, 4.69) is 35.3 Å². The van der Waals surface area contributed by atoms with Gasteiger partial charge in [0, 0.05) is 12.6 Å². The summed E-state index contributed by atoms with van der Waals surface area (Å²) in [5.74, 6) is 0.575. The van der Waals surface area contributed by atoms with Gasteiger partial charge in [0.15, 0.2) is 5.82 Å². The van der Waals surface area contributed by atoms with Gasteiger partial charge in [0.1, 0.15) is 6.04 Å². The molecule has 7 heteroatoms. The van der Waals surface area contributed by atoms with Gasteiger partial charge in [-0.3, -0.25) is 9.78 Å². The maximum Gasteiger partial charge on any atom is 0.239 e. The first-order valence-electron chi connectivity index (χ1n) is 9.06. The number of amides is 1. The summed E-state index contributed by atoms with van der Waals surface area (Å²) in [6.45, 7) is 4.98. The summed E-state index contributed by atoms with van der Waals surface area (Å²) in [6.07, 6.45) is 4.20. The van der Waals surface area contributed by atoms with Crippen LogP contribution >= 0.6 is 0 Å². The normalized spacial score (nSPS) is 18.1. The maximum absolute atomic E-state index is 12.7. The molecule has 0 bridgehead atoms. The minimum absolute atomic E-state index is 0.0319. The summed E-state index contributed by atoms with van der Waals surface area (Å²) in [7, 11) is 0. The molecule has 1 aliphatic rings. The van der Waals surface area contributed by atoms with E-state index in [1.807, 2.05) is 29.3 Å². The molecule has 0 radical (unpaired) electrons. The van der Waals surface area contributed by atoms with E-state index in [0.29, 0.717) is 12.4 Å². The predicted molar refractivity (Wildman–Crippen MR) is 100.0 cm³/mol. The lowest BCUT2D eigenvalue weighted by molar-refractivity contribution is -0.132. The van der Waals surface area contributed by atoms with E-state index >= 15 is 0 Å². The van der Waals surface area contributed by atoms with Crippen molar-refractivity contribution in [1.82, 2.24) is 19.9 Å². The summed E-state index contributed by atoms with van der Waals surface area (Å²) in [5.41, 5.74) is 4.87. The maximum atomic E-state index is 12.7. The Morgan fingerprint density at radius 3 is 2.96 bits per heavy atom. The van der Waals surface area contributed by atoms with Crippen LogP contribution in [0.5, 0.6) is 0 Å². The van der Waals surface area contributed by atoms with E-state index in [0.717, 1.165) is 30.3 Å². The molecule has 0 aliphatic carbocycles.